The van der Waals surface area contributed by atoms with Crippen LogP contribution in [0, 0.1) is 11.8 Å². The molecule has 2 fully saturated rings. The van der Waals surface area contributed by atoms with Crippen LogP contribution in [0.3, 0.4) is 0 Å². The largest absolute Gasteiger partial charge is 0.508 e. The van der Waals surface area contributed by atoms with Gasteiger partial charge in [0, 0.05) is 0 Å². The van der Waals surface area contributed by atoms with E-state index < -0.39 is 6.16 Å². The fraction of sp³-hybridized carbons (Fsp3) is 0.737. The second-order valence-corrected chi connectivity index (χ2v) is 6.82. The Hall–Kier alpha value is -1.25. The molecule has 2 rings (SSSR count). The molecule has 0 saturated heterocycles. The van der Waals surface area contributed by atoms with Crippen molar-refractivity contribution in [1.29, 1.82) is 0 Å². The van der Waals surface area contributed by atoms with Crippen LogP contribution in [0.2, 0.25) is 0 Å². The highest BCUT2D eigenvalue weighted by Crippen LogP contribution is 2.31. The van der Waals surface area contributed by atoms with E-state index in [1.807, 2.05) is 12.2 Å². The Balaban J connectivity index is 1.62. The summed E-state index contributed by atoms with van der Waals surface area (Å²) in [5.74, 6) is 1.43. The standard InChI is InChI=1S/C19H30O3/c1-3-5-15-7-11-17(12-8-15)21-19(20)22-18-13-9-16(6-4-2)10-14-18/h3-4,15-18H,1-2,5-14H2. The van der Waals surface area contributed by atoms with Crippen molar-refractivity contribution in [1.82, 2.24) is 0 Å². The minimum absolute atomic E-state index is 0.0469. The molecule has 2 aliphatic carbocycles. The van der Waals surface area contributed by atoms with Crippen molar-refractivity contribution in [2.75, 3.05) is 0 Å². The molecule has 0 heterocycles. The summed E-state index contributed by atoms with van der Waals surface area (Å²) in [6, 6.07) is 0. The molecule has 22 heavy (non-hydrogen) atoms. The molecule has 0 atom stereocenters. The van der Waals surface area contributed by atoms with Gasteiger partial charge in [-0.2, -0.15) is 0 Å². The van der Waals surface area contributed by atoms with E-state index in [0.717, 1.165) is 64.2 Å². The topological polar surface area (TPSA) is 35.5 Å². The van der Waals surface area contributed by atoms with Crippen LogP contribution < -0.4 is 0 Å². The molecule has 0 aromatic carbocycles. The van der Waals surface area contributed by atoms with E-state index in [-0.39, 0.29) is 12.2 Å². The molecule has 0 bridgehead atoms. The second kappa shape index (κ2) is 9.02. The normalized spacial score (nSPS) is 32.0. The first-order valence-corrected chi connectivity index (χ1v) is 8.80. The Morgan fingerprint density at radius 3 is 1.45 bits per heavy atom. The quantitative estimate of drug-likeness (QED) is 0.486. The van der Waals surface area contributed by atoms with Gasteiger partial charge in [-0.3, -0.25) is 0 Å². The summed E-state index contributed by atoms with van der Waals surface area (Å²) in [6.07, 6.45) is 14.1. The molecular weight excluding hydrogens is 276 g/mol. The average Bonchev–Trinajstić information content (AvgIpc) is 2.52. The third-order valence-electron chi connectivity index (χ3n) is 5.11. The SMILES string of the molecule is C=CCC1CCC(OC(=O)OC2CCC(CC=C)CC2)CC1. The first kappa shape index (κ1) is 17.1. The lowest BCUT2D eigenvalue weighted by Crippen LogP contribution is -2.29. The maximum absolute atomic E-state index is 11.9. The molecule has 0 amide bonds. The van der Waals surface area contributed by atoms with Crippen LogP contribution >= 0.6 is 0 Å². The zero-order valence-corrected chi connectivity index (χ0v) is 13.7. The summed E-state index contributed by atoms with van der Waals surface area (Å²) >= 11 is 0. The van der Waals surface area contributed by atoms with Crippen molar-refractivity contribution in [3.63, 3.8) is 0 Å². The Morgan fingerprint density at radius 1 is 0.773 bits per heavy atom. The minimum Gasteiger partial charge on any atom is -0.431 e. The molecule has 0 aromatic heterocycles. The summed E-state index contributed by atoms with van der Waals surface area (Å²) < 4.78 is 11.0. The molecule has 0 unspecified atom stereocenters. The summed E-state index contributed by atoms with van der Waals surface area (Å²) in [5, 5.41) is 0. The van der Waals surface area contributed by atoms with Crippen LogP contribution in [-0.4, -0.2) is 18.4 Å². The van der Waals surface area contributed by atoms with Crippen LogP contribution in [-0.2, 0) is 9.47 Å². The second-order valence-electron chi connectivity index (χ2n) is 6.82. The molecule has 124 valence electrons. The van der Waals surface area contributed by atoms with E-state index >= 15 is 0 Å². The molecule has 0 spiro atoms. The number of rotatable bonds is 6. The zero-order valence-electron chi connectivity index (χ0n) is 13.7. The van der Waals surface area contributed by atoms with Crippen LogP contribution in [0.25, 0.3) is 0 Å². The first-order valence-electron chi connectivity index (χ1n) is 8.80. The van der Waals surface area contributed by atoms with Gasteiger partial charge in [0.15, 0.2) is 0 Å². The van der Waals surface area contributed by atoms with E-state index in [9.17, 15) is 4.79 Å². The smallest absolute Gasteiger partial charge is 0.431 e. The van der Waals surface area contributed by atoms with Gasteiger partial charge in [0.05, 0.1) is 0 Å². The third-order valence-corrected chi connectivity index (χ3v) is 5.11. The molecule has 2 aliphatic rings. The van der Waals surface area contributed by atoms with Gasteiger partial charge in [0.2, 0.25) is 0 Å². The highest BCUT2D eigenvalue weighted by atomic mass is 16.7. The van der Waals surface area contributed by atoms with Crippen molar-refractivity contribution < 1.29 is 14.3 Å². The number of carbonyl (C=O) groups excluding carboxylic acids is 1. The molecule has 0 radical (unpaired) electrons. The third kappa shape index (κ3) is 5.51. The van der Waals surface area contributed by atoms with Gasteiger partial charge in [-0.05, 0) is 76.0 Å². The predicted molar refractivity (Wildman–Crippen MR) is 88.7 cm³/mol. The van der Waals surface area contributed by atoms with E-state index in [0.29, 0.717) is 11.8 Å². The van der Waals surface area contributed by atoms with Crippen LogP contribution in [0.1, 0.15) is 64.2 Å². The molecule has 2 saturated carbocycles. The van der Waals surface area contributed by atoms with E-state index in [1.54, 1.807) is 0 Å². The van der Waals surface area contributed by atoms with Gasteiger partial charge in [0.1, 0.15) is 12.2 Å². The van der Waals surface area contributed by atoms with Crippen molar-refractivity contribution in [3.8, 4) is 0 Å². The van der Waals surface area contributed by atoms with Gasteiger partial charge in [0.25, 0.3) is 0 Å². The van der Waals surface area contributed by atoms with Crippen LogP contribution in [0.15, 0.2) is 25.3 Å². The maximum atomic E-state index is 11.9. The molecule has 0 aromatic rings. The van der Waals surface area contributed by atoms with Gasteiger partial charge >= 0.3 is 6.16 Å². The van der Waals surface area contributed by atoms with Crippen LogP contribution in [0.4, 0.5) is 4.79 Å². The fourth-order valence-electron chi connectivity index (χ4n) is 3.74. The summed E-state index contributed by atoms with van der Waals surface area (Å²) in [4.78, 5) is 11.9. The number of ether oxygens (including phenoxy) is 2. The molecular formula is C19H30O3. The number of hydrogen-bond acceptors (Lipinski definition) is 3. The Morgan fingerprint density at radius 2 is 1.14 bits per heavy atom. The van der Waals surface area contributed by atoms with Crippen LogP contribution in [0.5, 0.6) is 0 Å². The minimum atomic E-state index is -0.459. The van der Waals surface area contributed by atoms with Crippen molar-refractivity contribution in [2.45, 2.75) is 76.4 Å². The molecule has 0 N–H and O–H groups in total. The van der Waals surface area contributed by atoms with Gasteiger partial charge in [-0.15, -0.1) is 13.2 Å². The van der Waals surface area contributed by atoms with E-state index in [1.165, 1.54) is 0 Å². The Kier molecular flexibility index (Phi) is 7.01. The van der Waals surface area contributed by atoms with Crippen molar-refractivity contribution in [3.05, 3.63) is 25.3 Å². The van der Waals surface area contributed by atoms with E-state index in [2.05, 4.69) is 13.2 Å². The summed E-state index contributed by atoms with van der Waals surface area (Å²) in [7, 11) is 0. The zero-order chi connectivity index (χ0) is 15.8. The number of carbonyl (C=O) groups is 1. The lowest BCUT2D eigenvalue weighted by atomic mass is 9.85. The molecule has 3 nitrogen and oxygen atoms in total. The van der Waals surface area contributed by atoms with Gasteiger partial charge < -0.3 is 9.47 Å². The molecule has 3 heteroatoms. The maximum Gasteiger partial charge on any atom is 0.508 e. The van der Waals surface area contributed by atoms with Crippen molar-refractivity contribution >= 4 is 6.16 Å². The lowest BCUT2D eigenvalue weighted by Gasteiger charge is -2.30. The number of allylic oxidation sites excluding steroid dienone is 2. The first-order chi connectivity index (χ1) is 10.7. The van der Waals surface area contributed by atoms with Gasteiger partial charge in [-0.25, -0.2) is 4.79 Å². The fourth-order valence-corrected chi connectivity index (χ4v) is 3.74. The van der Waals surface area contributed by atoms with Gasteiger partial charge in [-0.1, -0.05) is 12.2 Å². The lowest BCUT2D eigenvalue weighted by molar-refractivity contribution is -0.0256. The average molecular weight is 306 g/mol. The highest BCUT2D eigenvalue weighted by Gasteiger charge is 2.27. The van der Waals surface area contributed by atoms with E-state index in [4.69, 9.17) is 9.47 Å². The summed E-state index contributed by atoms with van der Waals surface area (Å²) in [6.45, 7) is 7.59. The summed E-state index contributed by atoms with van der Waals surface area (Å²) in [5.41, 5.74) is 0. The molecule has 0 aliphatic heterocycles. The Bertz CT molecular complexity index is 327. The number of hydrogen-bond donors (Lipinski definition) is 0. The monoisotopic (exact) mass is 306 g/mol. The predicted octanol–water partition coefficient (Wildman–Crippen LogP) is 5.41. The van der Waals surface area contributed by atoms with Crippen molar-refractivity contribution in [2.24, 2.45) is 11.8 Å². The highest BCUT2D eigenvalue weighted by molar-refractivity contribution is 5.60. The Labute approximate surface area is 134 Å².